The van der Waals surface area contributed by atoms with E-state index in [0.717, 1.165) is 31.6 Å². The minimum absolute atomic E-state index is 0.0467. The Bertz CT molecular complexity index is 904. The van der Waals surface area contributed by atoms with Gasteiger partial charge in [0, 0.05) is 12.2 Å². The first-order chi connectivity index (χ1) is 11.8. The van der Waals surface area contributed by atoms with Gasteiger partial charge >= 0.3 is 6.61 Å². The van der Waals surface area contributed by atoms with Crippen LogP contribution in [0.1, 0.15) is 24.5 Å². The number of aromatic nitrogens is 4. The summed E-state index contributed by atoms with van der Waals surface area (Å²) in [5, 5.41) is -0.353. The first kappa shape index (κ1) is 17.4. The zero-order valence-electron chi connectivity index (χ0n) is 13.3. The molecule has 0 spiro atoms. The van der Waals surface area contributed by atoms with Crippen LogP contribution in [0.5, 0.6) is 11.6 Å². The Labute approximate surface area is 142 Å². The lowest BCUT2D eigenvalue weighted by molar-refractivity contribution is -0.0525. The van der Waals surface area contributed by atoms with Gasteiger partial charge in [0.05, 0.1) is 19.0 Å². The third-order valence-corrected chi connectivity index (χ3v) is 4.52. The molecule has 0 saturated heterocycles. The molecule has 0 unspecified atom stereocenters. The highest BCUT2D eigenvalue weighted by molar-refractivity contribution is 7.90. The molecule has 25 heavy (non-hydrogen) atoms. The maximum absolute atomic E-state index is 12.7. The molecule has 0 N–H and O–H groups in total. The van der Waals surface area contributed by atoms with Crippen LogP contribution < -0.4 is 9.47 Å². The quantitative estimate of drug-likeness (QED) is 0.707. The number of ether oxygens (including phenoxy) is 2. The molecule has 1 aliphatic rings. The van der Waals surface area contributed by atoms with Crippen LogP contribution in [0.15, 0.2) is 17.6 Å². The molecule has 0 aliphatic heterocycles. The molecule has 0 aromatic carbocycles. The molecule has 8 nitrogen and oxygen atoms in total. The zero-order chi connectivity index (χ0) is 18.2. The van der Waals surface area contributed by atoms with Crippen molar-refractivity contribution in [2.75, 3.05) is 13.4 Å². The molecule has 1 aliphatic carbocycles. The van der Waals surface area contributed by atoms with Crippen LogP contribution in [0.3, 0.4) is 0 Å². The standard InChI is InChI=1S/C14H14F2N4O4S/c1-23-8-5-17-11(20-13(8)25(2,21)22)9-10(7-3-4-7)18-6-19-12(9)24-14(15)16/h5-7,14H,3-4H2,1-2H3. The van der Waals surface area contributed by atoms with E-state index in [1.54, 1.807) is 0 Å². The van der Waals surface area contributed by atoms with Crippen LogP contribution >= 0.6 is 0 Å². The van der Waals surface area contributed by atoms with Gasteiger partial charge in [0.2, 0.25) is 10.9 Å². The number of rotatable bonds is 6. The molecule has 2 aromatic heterocycles. The van der Waals surface area contributed by atoms with Crippen molar-refractivity contribution in [2.45, 2.75) is 30.4 Å². The topological polar surface area (TPSA) is 104 Å². The normalized spacial score (nSPS) is 14.6. The predicted molar refractivity (Wildman–Crippen MR) is 81.3 cm³/mol. The number of methoxy groups -OCH3 is 1. The third-order valence-electron chi connectivity index (χ3n) is 3.52. The van der Waals surface area contributed by atoms with Gasteiger partial charge in [-0.15, -0.1) is 0 Å². The monoisotopic (exact) mass is 372 g/mol. The summed E-state index contributed by atoms with van der Waals surface area (Å²) >= 11 is 0. The summed E-state index contributed by atoms with van der Waals surface area (Å²) in [4.78, 5) is 15.9. The molecule has 134 valence electrons. The molecule has 0 amide bonds. The van der Waals surface area contributed by atoms with E-state index in [-0.39, 0.29) is 28.1 Å². The Kier molecular flexibility index (Phi) is 4.50. The van der Waals surface area contributed by atoms with Crippen molar-refractivity contribution >= 4 is 9.84 Å². The van der Waals surface area contributed by atoms with E-state index in [1.165, 1.54) is 7.11 Å². The van der Waals surface area contributed by atoms with E-state index in [9.17, 15) is 17.2 Å². The smallest absolute Gasteiger partial charge is 0.388 e. The molecule has 1 saturated carbocycles. The molecular weight excluding hydrogens is 358 g/mol. The second kappa shape index (κ2) is 6.47. The van der Waals surface area contributed by atoms with Crippen LogP contribution in [-0.4, -0.2) is 48.3 Å². The van der Waals surface area contributed by atoms with Crippen LogP contribution in [0.2, 0.25) is 0 Å². The summed E-state index contributed by atoms with van der Waals surface area (Å²) in [6.07, 6.45) is 4.90. The van der Waals surface area contributed by atoms with E-state index in [2.05, 4.69) is 24.7 Å². The van der Waals surface area contributed by atoms with E-state index < -0.39 is 22.3 Å². The van der Waals surface area contributed by atoms with Crippen LogP contribution in [0.25, 0.3) is 11.4 Å². The molecule has 2 heterocycles. The Morgan fingerprint density at radius 1 is 1.24 bits per heavy atom. The third kappa shape index (κ3) is 3.65. The van der Waals surface area contributed by atoms with Crippen molar-refractivity contribution in [3.8, 4) is 23.0 Å². The number of hydrogen-bond acceptors (Lipinski definition) is 8. The maximum atomic E-state index is 12.7. The Morgan fingerprint density at radius 2 is 1.96 bits per heavy atom. The van der Waals surface area contributed by atoms with E-state index in [0.29, 0.717) is 5.69 Å². The summed E-state index contributed by atoms with van der Waals surface area (Å²) in [5.41, 5.74) is 0.521. The molecule has 0 atom stereocenters. The van der Waals surface area contributed by atoms with Gasteiger partial charge < -0.3 is 9.47 Å². The lowest BCUT2D eigenvalue weighted by Crippen LogP contribution is -2.10. The van der Waals surface area contributed by atoms with E-state index >= 15 is 0 Å². The predicted octanol–water partition coefficient (Wildman–Crippen LogP) is 1.82. The SMILES string of the molecule is COc1cnc(-c2c(OC(F)F)ncnc2C2CC2)nc1S(C)(=O)=O. The van der Waals surface area contributed by atoms with Crippen LogP contribution in [-0.2, 0) is 9.84 Å². The Balaban J connectivity index is 2.21. The summed E-state index contributed by atoms with van der Waals surface area (Å²) in [6, 6.07) is 0. The second-order valence-electron chi connectivity index (χ2n) is 5.43. The van der Waals surface area contributed by atoms with E-state index in [4.69, 9.17) is 4.74 Å². The minimum Gasteiger partial charge on any atom is -0.492 e. The van der Waals surface area contributed by atoms with Gasteiger partial charge in [0.15, 0.2) is 21.4 Å². The number of hydrogen-bond donors (Lipinski definition) is 0. The van der Waals surface area contributed by atoms with Crippen molar-refractivity contribution in [1.82, 2.24) is 19.9 Å². The Hall–Kier alpha value is -2.43. The van der Waals surface area contributed by atoms with Gasteiger partial charge in [-0.25, -0.2) is 28.4 Å². The summed E-state index contributed by atoms with van der Waals surface area (Å²) in [6.45, 7) is -3.10. The lowest BCUT2D eigenvalue weighted by Gasteiger charge is -2.13. The fraction of sp³-hybridized carbons (Fsp3) is 0.429. The van der Waals surface area contributed by atoms with Gasteiger partial charge in [0.25, 0.3) is 0 Å². The fourth-order valence-electron chi connectivity index (χ4n) is 2.31. The van der Waals surface area contributed by atoms with Crippen molar-refractivity contribution in [1.29, 1.82) is 0 Å². The van der Waals surface area contributed by atoms with Crippen LogP contribution in [0, 0.1) is 0 Å². The van der Waals surface area contributed by atoms with Gasteiger partial charge in [-0.05, 0) is 12.8 Å². The molecule has 0 bridgehead atoms. The first-order valence-electron chi connectivity index (χ1n) is 7.22. The van der Waals surface area contributed by atoms with Crippen molar-refractivity contribution in [3.05, 3.63) is 18.2 Å². The molecule has 11 heteroatoms. The van der Waals surface area contributed by atoms with Crippen LogP contribution in [0.4, 0.5) is 8.78 Å². The Morgan fingerprint density at radius 3 is 2.52 bits per heavy atom. The molecule has 1 fully saturated rings. The van der Waals surface area contributed by atoms with Gasteiger partial charge in [-0.3, -0.25) is 0 Å². The highest BCUT2D eigenvalue weighted by Crippen LogP contribution is 2.45. The number of sulfone groups is 1. The highest BCUT2D eigenvalue weighted by atomic mass is 32.2. The van der Waals surface area contributed by atoms with Crippen molar-refractivity contribution < 1.29 is 26.7 Å². The lowest BCUT2D eigenvalue weighted by atomic mass is 10.1. The molecule has 0 radical (unpaired) electrons. The number of nitrogens with zero attached hydrogens (tertiary/aromatic N) is 4. The maximum Gasteiger partial charge on any atom is 0.388 e. The minimum atomic E-state index is -3.74. The highest BCUT2D eigenvalue weighted by Gasteiger charge is 2.33. The van der Waals surface area contributed by atoms with Crippen molar-refractivity contribution in [3.63, 3.8) is 0 Å². The average molecular weight is 372 g/mol. The molecular formula is C14H14F2N4O4S. The summed E-state index contributed by atoms with van der Waals surface area (Å²) in [5.74, 6) is -0.506. The number of halogens is 2. The van der Waals surface area contributed by atoms with Gasteiger partial charge in [-0.2, -0.15) is 8.78 Å². The average Bonchev–Trinajstić information content (AvgIpc) is 3.37. The zero-order valence-corrected chi connectivity index (χ0v) is 14.1. The molecule has 3 rings (SSSR count). The van der Waals surface area contributed by atoms with Gasteiger partial charge in [0.1, 0.15) is 11.9 Å². The van der Waals surface area contributed by atoms with Gasteiger partial charge in [-0.1, -0.05) is 0 Å². The number of alkyl halides is 2. The summed E-state index contributed by atoms with van der Waals surface area (Å²) < 4.78 is 58.7. The largest absolute Gasteiger partial charge is 0.492 e. The van der Waals surface area contributed by atoms with E-state index in [1.807, 2.05) is 0 Å². The summed E-state index contributed by atoms with van der Waals surface area (Å²) in [7, 11) is -2.46. The molecule has 2 aromatic rings. The fourth-order valence-corrected chi connectivity index (χ4v) is 3.07. The first-order valence-corrected chi connectivity index (χ1v) is 9.11. The van der Waals surface area contributed by atoms with Crippen molar-refractivity contribution in [2.24, 2.45) is 0 Å². The second-order valence-corrected chi connectivity index (χ2v) is 7.36.